The number of amides is 2. The van der Waals surface area contributed by atoms with Crippen LogP contribution in [0.5, 0.6) is 0 Å². The minimum Gasteiger partial charge on any atom is -0.344 e. The molecule has 6 heteroatoms. The largest absolute Gasteiger partial charge is 0.344 e. The monoisotopic (exact) mass is 319 g/mol. The van der Waals surface area contributed by atoms with Gasteiger partial charge in [0.05, 0.1) is 0 Å². The molecule has 21 heavy (non-hydrogen) atoms. The van der Waals surface area contributed by atoms with E-state index < -0.39 is 6.04 Å². The number of hydrogen-bond donors (Lipinski definition) is 2. The summed E-state index contributed by atoms with van der Waals surface area (Å²) in [5.74, 6) is 0.441. The number of rotatable bonds is 5. The molecule has 0 saturated carbocycles. The lowest BCUT2D eigenvalue weighted by molar-refractivity contribution is -0.137. The predicted octanol–water partition coefficient (Wildman–Crippen LogP) is 1.42. The third-order valence-electron chi connectivity index (χ3n) is 3.49. The normalized spacial score (nSPS) is 17.1. The van der Waals surface area contributed by atoms with Crippen molar-refractivity contribution in [1.29, 1.82) is 0 Å². The number of nitrogens with zero attached hydrogens (tertiary/aromatic N) is 1. The summed E-state index contributed by atoms with van der Waals surface area (Å²) in [7, 11) is 0. The average molecular weight is 320 g/mol. The fraction of sp³-hybridized carbons (Fsp3) is 0.867. The minimum absolute atomic E-state index is 0. The van der Waals surface area contributed by atoms with Crippen molar-refractivity contribution in [1.82, 2.24) is 15.5 Å². The van der Waals surface area contributed by atoms with Gasteiger partial charge in [-0.15, -0.1) is 12.4 Å². The molecule has 1 aliphatic heterocycles. The number of hydrogen-bond acceptors (Lipinski definition) is 3. The van der Waals surface area contributed by atoms with Gasteiger partial charge in [0, 0.05) is 26.1 Å². The molecule has 1 aliphatic rings. The van der Waals surface area contributed by atoms with Gasteiger partial charge >= 0.3 is 0 Å². The predicted molar refractivity (Wildman–Crippen MR) is 87.5 cm³/mol. The maximum Gasteiger partial charge on any atom is 0.245 e. The van der Waals surface area contributed by atoms with Crippen molar-refractivity contribution in [2.75, 3.05) is 26.2 Å². The third kappa shape index (κ3) is 7.14. The Morgan fingerprint density at radius 1 is 1.14 bits per heavy atom. The van der Waals surface area contributed by atoms with E-state index in [2.05, 4.69) is 10.6 Å². The van der Waals surface area contributed by atoms with Crippen molar-refractivity contribution < 1.29 is 9.59 Å². The van der Waals surface area contributed by atoms with Gasteiger partial charge in [0.1, 0.15) is 6.04 Å². The highest BCUT2D eigenvalue weighted by Gasteiger charge is 2.28. The van der Waals surface area contributed by atoms with Crippen LogP contribution >= 0.6 is 12.4 Å². The minimum atomic E-state index is -0.403. The number of halogens is 1. The van der Waals surface area contributed by atoms with Gasteiger partial charge in [-0.3, -0.25) is 9.59 Å². The van der Waals surface area contributed by atoms with E-state index in [0.29, 0.717) is 12.3 Å². The van der Waals surface area contributed by atoms with Crippen LogP contribution in [-0.2, 0) is 9.59 Å². The number of nitrogens with one attached hydrogen (secondary N) is 2. The highest BCUT2D eigenvalue weighted by molar-refractivity contribution is 5.88. The summed E-state index contributed by atoms with van der Waals surface area (Å²) in [6.45, 7) is 11.3. The van der Waals surface area contributed by atoms with Gasteiger partial charge in [-0.25, -0.2) is 0 Å². The second-order valence-electron chi connectivity index (χ2n) is 6.32. The first-order valence-electron chi connectivity index (χ1n) is 7.70. The quantitative estimate of drug-likeness (QED) is 0.805. The Balaban J connectivity index is 0.00000400. The molecular weight excluding hydrogens is 290 g/mol. The van der Waals surface area contributed by atoms with Crippen LogP contribution in [0.25, 0.3) is 0 Å². The SMILES string of the molecule is CC(C)CC(=O)NC(C(=O)N1CCCNCC1)C(C)C.Cl. The second-order valence-corrected chi connectivity index (χ2v) is 6.32. The molecule has 1 saturated heterocycles. The average Bonchev–Trinajstić information content (AvgIpc) is 2.62. The topological polar surface area (TPSA) is 61.4 Å². The first kappa shape index (κ1) is 20.2. The molecule has 0 aromatic heterocycles. The van der Waals surface area contributed by atoms with Crippen LogP contribution < -0.4 is 10.6 Å². The number of carbonyl (C=O) groups excluding carboxylic acids is 2. The van der Waals surface area contributed by atoms with Crippen molar-refractivity contribution in [3.05, 3.63) is 0 Å². The summed E-state index contributed by atoms with van der Waals surface area (Å²) in [6, 6.07) is -0.403. The lowest BCUT2D eigenvalue weighted by Gasteiger charge is -2.29. The van der Waals surface area contributed by atoms with Crippen LogP contribution in [0.1, 0.15) is 40.5 Å². The molecule has 0 aromatic carbocycles. The fourth-order valence-electron chi connectivity index (χ4n) is 2.38. The van der Waals surface area contributed by atoms with Crippen LogP contribution in [-0.4, -0.2) is 48.9 Å². The Kier molecular flexibility index (Phi) is 9.62. The van der Waals surface area contributed by atoms with Gasteiger partial charge < -0.3 is 15.5 Å². The smallest absolute Gasteiger partial charge is 0.245 e. The fourth-order valence-corrected chi connectivity index (χ4v) is 2.38. The molecule has 124 valence electrons. The molecule has 5 nitrogen and oxygen atoms in total. The zero-order valence-corrected chi connectivity index (χ0v) is 14.5. The van der Waals surface area contributed by atoms with Crippen LogP contribution in [0.2, 0.25) is 0 Å². The molecule has 0 bridgehead atoms. The molecule has 1 heterocycles. The Morgan fingerprint density at radius 3 is 2.38 bits per heavy atom. The molecule has 1 rings (SSSR count). The first-order valence-corrected chi connectivity index (χ1v) is 7.70. The van der Waals surface area contributed by atoms with Crippen LogP contribution in [0.3, 0.4) is 0 Å². The lowest BCUT2D eigenvalue weighted by Crippen LogP contribution is -2.52. The Bertz CT molecular complexity index is 327. The summed E-state index contributed by atoms with van der Waals surface area (Å²) in [4.78, 5) is 26.4. The van der Waals surface area contributed by atoms with E-state index in [-0.39, 0.29) is 30.1 Å². The zero-order valence-electron chi connectivity index (χ0n) is 13.6. The van der Waals surface area contributed by atoms with Gasteiger partial charge in [-0.05, 0) is 24.8 Å². The molecule has 0 spiro atoms. The Morgan fingerprint density at radius 2 is 1.81 bits per heavy atom. The summed E-state index contributed by atoms with van der Waals surface area (Å²) in [5.41, 5.74) is 0. The zero-order chi connectivity index (χ0) is 15.1. The van der Waals surface area contributed by atoms with Gasteiger partial charge in [-0.2, -0.15) is 0 Å². The Hall–Kier alpha value is -0.810. The van der Waals surface area contributed by atoms with E-state index in [9.17, 15) is 9.59 Å². The third-order valence-corrected chi connectivity index (χ3v) is 3.49. The van der Waals surface area contributed by atoms with Crippen LogP contribution in [0, 0.1) is 11.8 Å². The maximum absolute atomic E-state index is 12.6. The molecule has 2 N–H and O–H groups in total. The molecule has 0 aliphatic carbocycles. The van der Waals surface area contributed by atoms with Gasteiger partial charge in [-0.1, -0.05) is 27.7 Å². The Labute approximate surface area is 134 Å². The summed E-state index contributed by atoms with van der Waals surface area (Å²) >= 11 is 0. The van der Waals surface area contributed by atoms with Crippen molar-refractivity contribution in [3.63, 3.8) is 0 Å². The standard InChI is InChI=1S/C15H29N3O2.ClH/c1-11(2)10-13(19)17-14(12(3)4)15(20)18-8-5-6-16-7-9-18;/h11-12,14,16H,5-10H2,1-4H3,(H,17,19);1H. The molecule has 0 radical (unpaired) electrons. The van der Waals surface area contributed by atoms with Crippen molar-refractivity contribution >= 4 is 24.2 Å². The van der Waals surface area contributed by atoms with Crippen LogP contribution in [0.4, 0.5) is 0 Å². The van der Waals surface area contributed by atoms with E-state index in [4.69, 9.17) is 0 Å². The highest BCUT2D eigenvalue weighted by Crippen LogP contribution is 2.09. The summed E-state index contributed by atoms with van der Waals surface area (Å²) in [5, 5.41) is 6.20. The van der Waals surface area contributed by atoms with E-state index in [0.717, 1.165) is 32.6 Å². The van der Waals surface area contributed by atoms with E-state index in [1.165, 1.54) is 0 Å². The van der Waals surface area contributed by atoms with Crippen molar-refractivity contribution in [3.8, 4) is 0 Å². The molecule has 0 aromatic rings. The molecule has 2 amide bonds. The van der Waals surface area contributed by atoms with Crippen LogP contribution in [0.15, 0.2) is 0 Å². The summed E-state index contributed by atoms with van der Waals surface area (Å²) < 4.78 is 0. The number of carbonyl (C=O) groups is 2. The van der Waals surface area contributed by atoms with E-state index in [1.54, 1.807) is 0 Å². The first-order chi connectivity index (χ1) is 9.41. The summed E-state index contributed by atoms with van der Waals surface area (Å²) in [6.07, 6.45) is 1.44. The van der Waals surface area contributed by atoms with E-state index in [1.807, 2.05) is 32.6 Å². The second kappa shape index (κ2) is 10.0. The van der Waals surface area contributed by atoms with Crippen molar-refractivity contribution in [2.24, 2.45) is 11.8 Å². The maximum atomic E-state index is 12.6. The van der Waals surface area contributed by atoms with Gasteiger partial charge in [0.2, 0.25) is 11.8 Å². The van der Waals surface area contributed by atoms with Gasteiger partial charge in [0.15, 0.2) is 0 Å². The highest BCUT2D eigenvalue weighted by atomic mass is 35.5. The van der Waals surface area contributed by atoms with Gasteiger partial charge in [0.25, 0.3) is 0 Å². The van der Waals surface area contributed by atoms with E-state index >= 15 is 0 Å². The molecule has 1 unspecified atom stereocenters. The molecular formula is C15H30ClN3O2. The lowest BCUT2D eigenvalue weighted by atomic mass is 10.0. The molecule has 1 atom stereocenters. The molecule has 1 fully saturated rings. The van der Waals surface area contributed by atoms with Crippen molar-refractivity contribution in [2.45, 2.75) is 46.6 Å².